The summed E-state index contributed by atoms with van der Waals surface area (Å²) in [6.07, 6.45) is 6.95. The molecule has 3 heterocycles. The van der Waals surface area contributed by atoms with Crippen LogP contribution in [-0.4, -0.2) is 60.9 Å². The molecule has 198 valence electrons. The van der Waals surface area contributed by atoms with E-state index in [4.69, 9.17) is 24.7 Å². The highest BCUT2D eigenvalue weighted by Gasteiger charge is 2.29. The molecule has 1 saturated heterocycles. The van der Waals surface area contributed by atoms with Gasteiger partial charge in [-0.2, -0.15) is 8.78 Å². The average Bonchev–Trinajstić information content (AvgIpc) is 3.61. The molecule has 2 fully saturated rings. The number of halogens is 2. The fourth-order valence-corrected chi connectivity index (χ4v) is 4.53. The van der Waals surface area contributed by atoms with Gasteiger partial charge in [0.15, 0.2) is 0 Å². The predicted octanol–water partition coefficient (Wildman–Crippen LogP) is 3.64. The zero-order chi connectivity index (χ0) is 25.9. The van der Waals surface area contributed by atoms with E-state index in [0.29, 0.717) is 35.2 Å². The van der Waals surface area contributed by atoms with Crippen LogP contribution in [0.1, 0.15) is 36.0 Å². The lowest BCUT2D eigenvalue weighted by Crippen LogP contribution is -2.38. The molecule has 1 aliphatic heterocycles. The van der Waals surface area contributed by atoms with Crippen molar-refractivity contribution < 1.29 is 32.5 Å². The Balaban J connectivity index is 1.40. The maximum atomic E-state index is 13.3. The van der Waals surface area contributed by atoms with E-state index in [1.807, 2.05) is 0 Å². The van der Waals surface area contributed by atoms with Gasteiger partial charge < -0.3 is 30.0 Å². The molecule has 1 aromatic carbocycles. The number of rotatable bonds is 10. The fraction of sp³-hybridized carbons (Fsp3) is 0.462. The quantitative estimate of drug-likeness (QED) is 0.424. The summed E-state index contributed by atoms with van der Waals surface area (Å²) in [6, 6.07) is 6.54. The SMILES string of the molecule is COc1cc(-c2cnc3cc(OCC(N)C4CCOCC4)ccn23)cc(OC(F)F)c1C(=O)NC1CC1. The van der Waals surface area contributed by atoms with E-state index >= 15 is 0 Å². The molecule has 1 atom stereocenters. The van der Waals surface area contributed by atoms with Crippen LogP contribution in [0.3, 0.4) is 0 Å². The van der Waals surface area contributed by atoms with Gasteiger partial charge in [-0.3, -0.25) is 9.20 Å². The lowest BCUT2D eigenvalue weighted by molar-refractivity contribution is -0.0502. The Bertz CT molecular complexity index is 1260. The Kier molecular flexibility index (Phi) is 7.43. The summed E-state index contributed by atoms with van der Waals surface area (Å²) in [5.41, 5.74) is 7.95. The Labute approximate surface area is 212 Å². The molecule has 2 aromatic heterocycles. The summed E-state index contributed by atoms with van der Waals surface area (Å²) < 4.78 is 49.8. The van der Waals surface area contributed by atoms with Crippen LogP contribution in [0.4, 0.5) is 8.78 Å². The third-order valence-electron chi connectivity index (χ3n) is 6.74. The highest BCUT2D eigenvalue weighted by molar-refractivity contribution is 6.01. The van der Waals surface area contributed by atoms with E-state index in [0.717, 1.165) is 38.9 Å². The molecule has 2 aliphatic rings. The lowest BCUT2D eigenvalue weighted by Gasteiger charge is -2.27. The number of imidazole rings is 1. The summed E-state index contributed by atoms with van der Waals surface area (Å²) in [7, 11) is 1.38. The summed E-state index contributed by atoms with van der Waals surface area (Å²) in [5.74, 6) is 0.339. The van der Waals surface area contributed by atoms with Gasteiger partial charge >= 0.3 is 6.61 Å². The summed E-state index contributed by atoms with van der Waals surface area (Å²) in [4.78, 5) is 17.2. The van der Waals surface area contributed by atoms with Crippen molar-refractivity contribution in [3.8, 4) is 28.5 Å². The lowest BCUT2D eigenvalue weighted by atomic mass is 9.93. The van der Waals surface area contributed by atoms with Crippen LogP contribution in [0.2, 0.25) is 0 Å². The van der Waals surface area contributed by atoms with E-state index in [1.165, 1.54) is 13.2 Å². The molecule has 5 rings (SSSR count). The van der Waals surface area contributed by atoms with Crippen molar-refractivity contribution in [3.63, 3.8) is 0 Å². The molecular formula is C26H30F2N4O5. The second-order valence-electron chi connectivity index (χ2n) is 9.34. The third-order valence-corrected chi connectivity index (χ3v) is 6.74. The van der Waals surface area contributed by atoms with Gasteiger partial charge in [-0.05, 0) is 49.8 Å². The monoisotopic (exact) mass is 516 g/mol. The molecular weight excluding hydrogens is 486 g/mol. The van der Waals surface area contributed by atoms with Crippen molar-refractivity contribution >= 4 is 11.6 Å². The molecule has 37 heavy (non-hydrogen) atoms. The number of fused-ring (bicyclic) bond motifs is 1. The standard InChI is InChI=1S/C26H30F2N4O5/c1-34-21-10-16(11-22(37-26(27)28)24(21)25(33)31-17-2-3-17)20-13-30-23-12-18(4-7-32(20)23)36-14-19(29)15-5-8-35-9-6-15/h4,7,10-13,15,17,19,26H,2-3,5-6,8-9,14,29H2,1H3,(H,31,33). The van der Waals surface area contributed by atoms with Crippen LogP contribution in [0.25, 0.3) is 16.9 Å². The topological polar surface area (TPSA) is 109 Å². The smallest absolute Gasteiger partial charge is 0.387 e. The van der Waals surface area contributed by atoms with Gasteiger partial charge in [0, 0.05) is 43.1 Å². The van der Waals surface area contributed by atoms with Gasteiger partial charge in [-0.1, -0.05) is 0 Å². The van der Waals surface area contributed by atoms with E-state index < -0.39 is 12.5 Å². The van der Waals surface area contributed by atoms with Gasteiger partial charge in [-0.15, -0.1) is 0 Å². The largest absolute Gasteiger partial charge is 0.496 e. The van der Waals surface area contributed by atoms with Crippen LogP contribution in [0.5, 0.6) is 17.2 Å². The molecule has 3 aromatic rings. The van der Waals surface area contributed by atoms with Gasteiger partial charge in [0.1, 0.15) is 35.1 Å². The summed E-state index contributed by atoms with van der Waals surface area (Å²) in [5, 5.41) is 2.80. The number of benzene rings is 1. The molecule has 1 aliphatic carbocycles. The Morgan fingerprint density at radius 1 is 1.22 bits per heavy atom. The molecule has 0 radical (unpaired) electrons. The van der Waals surface area contributed by atoms with Crippen LogP contribution in [0.15, 0.2) is 36.7 Å². The van der Waals surface area contributed by atoms with Crippen LogP contribution in [-0.2, 0) is 4.74 Å². The second-order valence-corrected chi connectivity index (χ2v) is 9.34. The fourth-order valence-electron chi connectivity index (χ4n) is 4.53. The van der Waals surface area contributed by atoms with Gasteiger partial charge in [0.25, 0.3) is 5.91 Å². The summed E-state index contributed by atoms with van der Waals surface area (Å²) >= 11 is 0. The number of nitrogens with zero attached hydrogens (tertiary/aromatic N) is 2. The number of methoxy groups -OCH3 is 1. The number of aromatic nitrogens is 2. The van der Waals surface area contributed by atoms with E-state index in [2.05, 4.69) is 10.3 Å². The highest BCUT2D eigenvalue weighted by atomic mass is 19.3. The maximum absolute atomic E-state index is 13.3. The molecule has 0 bridgehead atoms. The van der Waals surface area contributed by atoms with Crippen molar-refractivity contribution in [2.24, 2.45) is 11.7 Å². The van der Waals surface area contributed by atoms with Crippen LogP contribution in [0, 0.1) is 5.92 Å². The molecule has 1 amide bonds. The average molecular weight is 517 g/mol. The number of carbonyl (C=O) groups is 1. The van der Waals surface area contributed by atoms with Crippen molar-refractivity contribution in [3.05, 3.63) is 42.2 Å². The first-order chi connectivity index (χ1) is 17.9. The molecule has 11 heteroatoms. The number of pyridine rings is 1. The molecule has 1 unspecified atom stereocenters. The first-order valence-electron chi connectivity index (χ1n) is 12.3. The summed E-state index contributed by atoms with van der Waals surface area (Å²) in [6.45, 7) is -1.28. The first kappa shape index (κ1) is 25.2. The van der Waals surface area contributed by atoms with E-state index in [1.54, 1.807) is 35.0 Å². The number of nitrogens with two attached hydrogens (primary N) is 1. The molecule has 3 N–H and O–H groups in total. The van der Waals surface area contributed by atoms with E-state index in [-0.39, 0.29) is 29.1 Å². The van der Waals surface area contributed by atoms with Crippen molar-refractivity contribution in [1.29, 1.82) is 0 Å². The Morgan fingerprint density at radius 2 is 1.97 bits per heavy atom. The predicted molar refractivity (Wildman–Crippen MR) is 131 cm³/mol. The van der Waals surface area contributed by atoms with Crippen LogP contribution >= 0.6 is 0 Å². The van der Waals surface area contributed by atoms with Gasteiger partial charge in [-0.25, -0.2) is 4.98 Å². The van der Waals surface area contributed by atoms with Crippen molar-refractivity contribution in [1.82, 2.24) is 14.7 Å². The van der Waals surface area contributed by atoms with Crippen molar-refractivity contribution in [2.45, 2.75) is 44.4 Å². The highest BCUT2D eigenvalue weighted by Crippen LogP contribution is 2.37. The van der Waals surface area contributed by atoms with Crippen LogP contribution < -0.4 is 25.3 Å². The number of amides is 1. The van der Waals surface area contributed by atoms with Crippen molar-refractivity contribution in [2.75, 3.05) is 26.9 Å². The number of carbonyl (C=O) groups excluding carboxylic acids is 1. The second kappa shape index (κ2) is 10.9. The van der Waals surface area contributed by atoms with Gasteiger partial charge in [0.2, 0.25) is 0 Å². The zero-order valence-electron chi connectivity index (χ0n) is 20.5. The molecule has 0 spiro atoms. The minimum atomic E-state index is -3.11. The molecule has 1 saturated carbocycles. The number of nitrogens with one attached hydrogen (secondary N) is 1. The number of hydrogen-bond donors (Lipinski definition) is 2. The van der Waals surface area contributed by atoms with Gasteiger partial charge in [0.05, 0.1) is 19.0 Å². The number of hydrogen-bond acceptors (Lipinski definition) is 7. The molecule has 9 nitrogen and oxygen atoms in total. The Hall–Kier alpha value is -3.44. The third kappa shape index (κ3) is 5.78. The minimum Gasteiger partial charge on any atom is -0.496 e. The number of ether oxygens (including phenoxy) is 4. The zero-order valence-corrected chi connectivity index (χ0v) is 20.5. The van der Waals surface area contributed by atoms with E-state index in [9.17, 15) is 13.6 Å². The minimum absolute atomic E-state index is 0.0395. The first-order valence-corrected chi connectivity index (χ1v) is 12.3. The Morgan fingerprint density at radius 3 is 2.68 bits per heavy atom. The maximum Gasteiger partial charge on any atom is 0.387 e. The number of alkyl halides is 2. The normalized spacial score (nSPS) is 17.1.